The van der Waals surface area contributed by atoms with Crippen molar-refractivity contribution in [2.24, 2.45) is 0 Å². The van der Waals surface area contributed by atoms with Gasteiger partial charge >= 0.3 is 5.97 Å². The summed E-state index contributed by atoms with van der Waals surface area (Å²) in [6.07, 6.45) is 10.4. The average Bonchev–Trinajstić information content (AvgIpc) is 2.53. The van der Waals surface area contributed by atoms with E-state index in [4.69, 9.17) is 14.2 Å². The first-order valence-corrected chi connectivity index (χ1v) is 10.6. The Hall–Kier alpha value is -0.393. The van der Waals surface area contributed by atoms with E-state index in [0.29, 0.717) is 13.0 Å². The monoisotopic (exact) mass is 344 g/mol. The van der Waals surface area contributed by atoms with Crippen molar-refractivity contribution in [1.29, 1.82) is 0 Å². The van der Waals surface area contributed by atoms with Crippen LogP contribution in [0.1, 0.15) is 78.6 Å². The van der Waals surface area contributed by atoms with Gasteiger partial charge in [0.15, 0.2) is 0 Å². The standard InChI is InChI=1S/C18H36O4Si/c1-4-20-17(19)15-13-11-9-7-8-10-12-14-16-23-18(21-5-2)22-6-3/h18H,4-16H2,1-3H3. The summed E-state index contributed by atoms with van der Waals surface area (Å²) in [6, 6.07) is 1.21. The molecule has 0 heterocycles. The van der Waals surface area contributed by atoms with Crippen molar-refractivity contribution < 1.29 is 19.0 Å². The Morgan fingerprint density at radius 2 is 1.30 bits per heavy atom. The summed E-state index contributed by atoms with van der Waals surface area (Å²) in [5.74, 6) is -0.0323. The molecule has 0 spiro atoms. The molecular formula is C18H36O4Si. The number of hydrogen-bond acceptors (Lipinski definition) is 4. The van der Waals surface area contributed by atoms with Crippen LogP contribution >= 0.6 is 0 Å². The van der Waals surface area contributed by atoms with Crippen molar-refractivity contribution in [3.63, 3.8) is 0 Å². The Balaban J connectivity index is 3.25. The maximum Gasteiger partial charge on any atom is 0.305 e. The van der Waals surface area contributed by atoms with E-state index in [0.717, 1.165) is 35.6 Å². The summed E-state index contributed by atoms with van der Waals surface area (Å²) >= 11 is 0. The molecule has 2 radical (unpaired) electrons. The van der Waals surface area contributed by atoms with Crippen LogP contribution < -0.4 is 0 Å². The molecule has 0 amide bonds. The van der Waals surface area contributed by atoms with Crippen LogP contribution in [0.3, 0.4) is 0 Å². The van der Waals surface area contributed by atoms with Crippen LogP contribution in [0.25, 0.3) is 0 Å². The molecule has 0 atom stereocenters. The molecule has 0 saturated carbocycles. The van der Waals surface area contributed by atoms with Gasteiger partial charge in [-0.05, 0) is 27.2 Å². The normalized spacial score (nSPS) is 11.1. The molecule has 5 heteroatoms. The predicted molar refractivity (Wildman–Crippen MR) is 95.8 cm³/mol. The van der Waals surface area contributed by atoms with E-state index in [-0.39, 0.29) is 11.9 Å². The molecule has 0 unspecified atom stereocenters. The smallest absolute Gasteiger partial charge is 0.305 e. The molecule has 0 N–H and O–H groups in total. The van der Waals surface area contributed by atoms with Crippen LogP contribution in [-0.2, 0) is 19.0 Å². The average molecular weight is 345 g/mol. The Kier molecular flexibility index (Phi) is 17.6. The molecule has 0 aromatic carbocycles. The quantitative estimate of drug-likeness (QED) is 0.168. The number of hydrogen-bond donors (Lipinski definition) is 0. The summed E-state index contributed by atoms with van der Waals surface area (Å²) in [5.41, 5.74) is 0. The molecule has 23 heavy (non-hydrogen) atoms. The molecule has 0 saturated heterocycles. The molecule has 0 bridgehead atoms. The summed E-state index contributed by atoms with van der Waals surface area (Å²) in [7, 11) is 0.758. The van der Waals surface area contributed by atoms with E-state index in [1.165, 1.54) is 44.6 Å². The second-order valence-electron chi connectivity index (χ2n) is 5.58. The number of unbranched alkanes of at least 4 members (excludes halogenated alkanes) is 7. The summed E-state index contributed by atoms with van der Waals surface area (Å²) in [6.45, 7) is 7.84. The van der Waals surface area contributed by atoms with E-state index in [2.05, 4.69) is 0 Å². The van der Waals surface area contributed by atoms with Crippen molar-refractivity contribution in [1.82, 2.24) is 0 Å². The first-order valence-electron chi connectivity index (χ1n) is 9.36. The molecule has 0 aromatic rings. The zero-order chi connectivity index (χ0) is 17.2. The molecule has 0 fully saturated rings. The van der Waals surface area contributed by atoms with Crippen LogP contribution in [0.2, 0.25) is 6.04 Å². The molecule has 136 valence electrons. The van der Waals surface area contributed by atoms with Gasteiger partial charge in [-0.25, -0.2) is 0 Å². The summed E-state index contributed by atoms with van der Waals surface area (Å²) < 4.78 is 16.0. The van der Waals surface area contributed by atoms with Crippen molar-refractivity contribution in [3.8, 4) is 0 Å². The highest BCUT2D eigenvalue weighted by molar-refractivity contribution is 6.36. The molecule has 0 rings (SSSR count). The fraction of sp³-hybridized carbons (Fsp3) is 0.944. The van der Waals surface area contributed by atoms with Crippen LogP contribution in [0.15, 0.2) is 0 Å². The van der Waals surface area contributed by atoms with Gasteiger partial charge in [-0.1, -0.05) is 51.0 Å². The number of esters is 1. The van der Waals surface area contributed by atoms with Gasteiger partial charge in [-0.3, -0.25) is 4.79 Å². The van der Waals surface area contributed by atoms with Crippen molar-refractivity contribution in [2.75, 3.05) is 19.8 Å². The lowest BCUT2D eigenvalue weighted by Crippen LogP contribution is -2.24. The molecule has 4 nitrogen and oxygen atoms in total. The third kappa shape index (κ3) is 16.3. The minimum absolute atomic E-state index is 0.0180. The minimum Gasteiger partial charge on any atom is -0.466 e. The highest BCUT2D eigenvalue weighted by Crippen LogP contribution is 2.11. The van der Waals surface area contributed by atoms with E-state index < -0.39 is 0 Å². The van der Waals surface area contributed by atoms with Crippen molar-refractivity contribution in [2.45, 2.75) is 90.5 Å². The van der Waals surface area contributed by atoms with Crippen LogP contribution in [0.5, 0.6) is 0 Å². The highest BCUT2D eigenvalue weighted by atomic mass is 28.2. The topological polar surface area (TPSA) is 44.8 Å². The highest BCUT2D eigenvalue weighted by Gasteiger charge is 2.08. The van der Waals surface area contributed by atoms with Crippen LogP contribution in [-0.4, -0.2) is 41.2 Å². The number of carbonyl (C=O) groups excluding carboxylic acids is 1. The van der Waals surface area contributed by atoms with Crippen LogP contribution in [0.4, 0.5) is 0 Å². The maximum atomic E-state index is 11.2. The van der Waals surface area contributed by atoms with E-state index in [1.54, 1.807) is 0 Å². The predicted octanol–water partition coefficient (Wildman–Crippen LogP) is 4.54. The number of carbonyl (C=O) groups is 1. The minimum atomic E-state index is -0.0502. The molecule has 0 aromatic heterocycles. The first-order chi connectivity index (χ1) is 11.2. The first kappa shape index (κ1) is 22.6. The zero-order valence-corrected chi connectivity index (χ0v) is 16.4. The second kappa shape index (κ2) is 18.0. The largest absolute Gasteiger partial charge is 0.466 e. The summed E-state index contributed by atoms with van der Waals surface area (Å²) in [4.78, 5) is 11.2. The fourth-order valence-electron chi connectivity index (χ4n) is 2.38. The van der Waals surface area contributed by atoms with E-state index in [1.807, 2.05) is 20.8 Å². The van der Waals surface area contributed by atoms with Gasteiger partial charge in [-0.2, -0.15) is 0 Å². The lowest BCUT2D eigenvalue weighted by Gasteiger charge is -2.15. The van der Waals surface area contributed by atoms with E-state index in [9.17, 15) is 4.79 Å². The Bertz CT molecular complexity index is 255. The fourth-order valence-corrected chi connectivity index (χ4v) is 3.64. The summed E-state index contributed by atoms with van der Waals surface area (Å²) in [5, 5.41) is 0. The maximum absolute atomic E-state index is 11.2. The van der Waals surface area contributed by atoms with Gasteiger partial charge < -0.3 is 14.2 Å². The molecule has 0 aliphatic carbocycles. The third-order valence-corrected chi connectivity index (χ3v) is 4.87. The van der Waals surface area contributed by atoms with Gasteiger partial charge in [0.2, 0.25) is 0 Å². The zero-order valence-electron chi connectivity index (χ0n) is 15.4. The van der Waals surface area contributed by atoms with E-state index >= 15 is 0 Å². The van der Waals surface area contributed by atoms with Crippen molar-refractivity contribution in [3.05, 3.63) is 0 Å². The number of rotatable bonds is 17. The SMILES string of the molecule is CCOC(=O)CCCCCCCCCC[Si]C(OCC)OCC. The van der Waals surface area contributed by atoms with Crippen molar-refractivity contribution >= 4 is 15.5 Å². The number of ether oxygens (including phenoxy) is 3. The van der Waals surface area contributed by atoms with Gasteiger partial charge in [0.1, 0.15) is 15.4 Å². The Labute approximate surface area is 145 Å². The third-order valence-electron chi connectivity index (χ3n) is 3.56. The lowest BCUT2D eigenvalue weighted by atomic mass is 10.1. The Morgan fingerprint density at radius 1 is 0.783 bits per heavy atom. The van der Waals surface area contributed by atoms with Gasteiger partial charge in [0.05, 0.1) is 6.61 Å². The molecule has 0 aliphatic rings. The van der Waals surface area contributed by atoms with Crippen LogP contribution in [0, 0.1) is 0 Å². The molecule has 0 aliphatic heterocycles. The van der Waals surface area contributed by atoms with Gasteiger partial charge in [0, 0.05) is 19.6 Å². The Morgan fingerprint density at radius 3 is 1.83 bits per heavy atom. The second-order valence-corrected chi connectivity index (χ2v) is 6.96. The molecular weight excluding hydrogens is 308 g/mol. The van der Waals surface area contributed by atoms with Gasteiger partial charge in [-0.15, -0.1) is 0 Å². The lowest BCUT2D eigenvalue weighted by molar-refractivity contribution is -0.143. The van der Waals surface area contributed by atoms with Gasteiger partial charge in [0.25, 0.3) is 0 Å².